The Balaban J connectivity index is 0.00000420. The molecule has 5 nitrogen and oxygen atoms in total. The monoisotopic (exact) mass is 515 g/mol. The van der Waals surface area contributed by atoms with Crippen molar-refractivity contribution < 1.29 is 0 Å². The third-order valence-electron chi connectivity index (χ3n) is 5.56. The van der Waals surface area contributed by atoms with Gasteiger partial charge in [0.2, 0.25) is 0 Å². The molecule has 166 valence electrons. The van der Waals surface area contributed by atoms with E-state index < -0.39 is 0 Å². The van der Waals surface area contributed by atoms with E-state index >= 15 is 0 Å². The highest BCUT2D eigenvalue weighted by molar-refractivity contribution is 14.0. The fourth-order valence-electron chi connectivity index (χ4n) is 3.76. The van der Waals surface area contributed by atoms with E-state index in [0.717, 1.165) is 38.7 Å². The molecule has 0 aliphatic carbocycles. The highest BCUT2D eigenvalue weighted by Gasteiger charge is 2.19. The van der Waals surface area contributed by atoms with Crippen LogP contribution >= 0.6 is 24.0 Å². The Kier molecular flexibility index (Phi) is 13.6. The summed E-state index contributed by atoms with van der Waals surface area (Å²) in [6, 6.07) is 9.45. The van der Waals surface area contributed by atoms with E-state index in [9.17, 15) is 0 Å². The molecule has 0 aromatic heterocycles. The van der Waals surface area contributed by atoms with E-state index in [1.165, 1.54) is 50.0 Å². The summed E-state index contributed by atoms with van der Waals surface area (Å²) in [6.45, 7) is 17.3. The van der Waals surface area contributed by atoms with Gasteiger partial charge in [0.15, 0.2) is 5.96 Å². The van der Waals surface area contributed by atoms with Crippen LogP contribution < -0.4 is 10.6 Å². The molecule has 2 rings (SSSR count). The molecule has 0 saturated carbocycles. The molecule has 0 atom stereocenters. The summed E-state index contributed by atoms with van der Waals surface area (Å²) in [7, 11) is 0. The van der Waals surface area contributed by atoms with Crippen molar-refractivity contribution in [3.8, 4) is 0 Å². The Hall–Kier alpha value is -0.860. The molecular formula is C23H42IN5. The van der Waals surface area contributed by atoms with Gasteiger partial charge in [0, 0.05) is 32.2 Å². The third kappa shape index (κ3) is 9.66. The number of nitrogens with one attached hydrogen (secondary N) is 2. The van der Waals surface area contributed by atoms with Crippen molar-refractivity contribution in [1.82, 2.24) is 20.4 Å². The number of aliphatic imine (C=N–C) groups is 1. The van der Waals surface area contributed by atoms with Crippen molar-refractivity contribution in [1.29, 1.82) is 0 Å². The van der Waals surface area contributed by atoms with Crippen molar-refractivity contribution in [2.45, 2.75) is 66.1 Å². The van der Waals surface area contributed by atoms with Gasteiger partial charge in [0.25, 0.3) is 0 Å². The maximum Gasteiger partial charge on any atom is 0.191 e. The topological polar surface area (TPSA) is 42.9 Å². The molecule has 0 unspecified atom stereocenters. The molecule has 0 bridgehead atoms. The van der Waals surface area contributed by atoms with Gasteiger partial charge in [-0.25, -0.2) is 4.99 Å². The summed E-state index contributed by atoms with van der Waals surface area (Å²) in [4.78, 5) is 9.83. The highest BCUT2D eigenvalue weighted by atomic mass is 127. The number of hydrogen-bond donors (Lipinski definition) is 2. The van der Waals surface area contributed by atoms with Gasteiger partial charge in [-0.3, -0.25) is 4.90 Å². The Morgan fingerprint density at radius 3 is 2.21 bits per heavy atom. The maximum atomic E-state index is 4.83. The SMILES string of the molecule is CCCN1CCC(NC(=NCc2ccc(CN(CC)CC)cc2)NCC)CC1.I. The van der Waals surface area contributed by atoms with E-state index in [-0.39, 0.29) is 24.0 Å². The molecule has 0 radical (unpaired) electrons. The van der Waals surface area contributed by atoms with Crippen molar-refractivity contribution in [2.75, 3.05) is 39.3 Å². The van der Waals surface area contributed by atoms with Gasteiger partial charge in [-0.15, -0.1) is 24.0 Å². The number of benzene rings is 1. The van der Waals surface area contributed by atoms with Gasteiger partial charge in [0.1, 0.15) is 0 Å². The zero-order valence-corrected chi connectivity index (χ0v) is 21.2. The van der Waals surface area contributed by atoms with Gasteiger partial charge in [-0.05, 0) is 56.9 Å². The zero-order chi connectivity index (χ0) is 20.2. The smallest absolute Gasteiger partial charge is 0.191 e. The molecule has 1 aromatic rings. The van der Waals surface area contributed by atoms with Crippen molar-refractivity contribution >= 4 is 29.9 Å². The average Bonchev–Trinajstić information content (AvgIpc) is 2.73. The molecule has 0 amide bonds. The maximum absolute atomic E-state index is 4.83. The van der Waals surface area contributed by atoms with Crippen LogP contribution in [0.2, 0.25) is 0 Å². The van der Waals surface area contributed by atoms with E-state index in [2.05, 4.69) is 72.4 Å². The molecule has 1 aliphatic heterocycles. The lowest BCUT2D eigenvalue weighted by Crippen LogP contribution is -2.48. The van der Waals surface area contributed by atoms with Gasteiger partial charge in [-0.1, -0.05) is 45.0 Å². The van der Waals surface area contributed by atoms with E-state index in [0.29, 0.717) is 6.04 Å². The second-order valence-electron chi connectivity index (χ2n) is 7.73. The average molecular weight is 516 g/mol. The number of piperidine rings is 1. The number of hydrogen-bond acceptors (Lipinski definition) is 3. The lowest BCUT2D eigenvalue weighted by molar-refractivity contribution is 0.206. The Morgan fingerprint density at radius 2 is 1.66 bits per heavy atom. The summed E-state index contributed by atoms with van der Waals surface area (Å²) < 4.78 is 0. The molecule has 0 spiro atoms. The first kappa shape index (κ1) is 26.2. The Bertz CT molecular complexity index is 563. The summed E-state index contributed by atoms with van der Waals surface area (Å²) in [5.74, 6) is 0.948. The lowest BCUT2D eigenvalue weighted by atomic mass is 10.1. The summed E-state index contributed by atoms with van der Waals surface area (Å²) in [5.41, 5.74) is 2.64. The van der Waals surface area contributed by atoms with Crippen LogP contribution in [0.5, 0.6) is 0 Å². The summed E-state index contributed by atoms with van der Waals surface area (Å²) in [5, 5.41) is 7.06. The van der Waals surface area contributed by atoms with Crippen molar-refractivity contribution in [3.63, 3.8) is 0 Å². The Labute approximate surface area is 195 Å². The third-order valence-corrected chi connectivity index (χ3v) is 5.56. The quantitative estimate of drug-likeness (QED) is 0.280. The van der Waals surface area contributed by atoms with Gasteiger partial charge >= 0.3 is 0 Å². The molecule has 1 aromatic carbocycles. The summed E-state index contributed by atoms with van der Waals surface area (Å²) in [6.07, 6.45) is 3.64. The van der Waals surface area contributed by atoms with Crippen LogP contribution in [0.1, 0.15) is 58.1 Å². The largest absolute Gasteiger partial charge is 0.357 e. The van der Waals surface area contributed by atoms with Crippen molar-refractivity contribution in [2.24, 2.45) is 4.99 Å². The molecule has 2 N–H and O–H groups in total. The van der Waals surface area contributed by atoms with Crippen LogP contribution in [0.4, 0.5) is 0 Å². The molecule has 1 heterocycles. The predicted molar refractivity (Wildman–Crippen MR) is 136 cm³/mol. The molecule has 1 saturated heterocycles. The highest BCUT2D eigenvalue weighted by Crippen LogP contribution is 2.11. The van der Waals surface area contributed by atoms with Crippen LogP contribution in [-0.4, -0.2) is 61.1 Å². The molecule has 6 heteroatoms. The van der Waals surface area contributed by atoms with Crippen LogP contribution in [0, 0.1) is 0 Å². The van der Waals surface area contributed by atoms with E-state index in [1.807, 2.05) is 0 Å². The van der Waals surface area contributed by atoms with Crippen LogP contribution in [0.15, 0.2) is 29.3 Å². The summed E-state index contributed by atoms with van der Waals surface area (Å²) >= 11 is 0. The number of nitrogens with zero attached hydrogens (tertiary/aromatic N) is 3. The second kappa shape index (κ2) is 15.0. The van der Waals surface area contributed by atoms with Crippen LogP contribution in [0.25, 0.3) is 0 Å². The number of rotatable bonds is 10. The number of guanidine groups is 1. The molecule has 29 heavy (non-hydrogen) atoms. The van der Waals surface area contributed by atoms with Gasteiger partial charge in [-0.2, -0.15) is 0 Å². The first-order valence-corrected chi connectivity index (χ1v) is 11.3. The first-order valence-electron chi connectivity index (χ1n) is 11.3. The number of likely N-dealkylation sites (tertiary alicyclic amines) is 1. The minimum Gasteiger partial charge on any atom is -0.357 e. The minimum absolute atomic E-state index is 0. The second-order valence-corrected chi connectivity index (χ2v) is 7.73. The standard InChI is InChI=1S/C23H41N5.HI/c1-5-15-28-16-13-22(14-17-28)26-23(24-6-2)25-18-20-9-11-21(12-10-20)19-27(7-3)8-4;/h9-12,22H,5-8,13-19H2,1-4H3,(H2,24,25,26);1H. The zero-order valence-electron chi connectivity index (χ0n) is 18.9. The van der Waals surface area contributed by atoms with Crippen molar-refractivity contribution in [3.05, 3.63) is 35.4 Å². The van der Waals surface area contributed by atoms with E-state index in [4.69, 9.17) is 4.99 Å². The molecular weight excluding hydrogens is 473 g/mol. The lowest BCUT2D eigenvalue weighted by Gasteiger charge is -2.32. The predicted octanol–water partition coefficient (Wildman–Crippen LogP) is 4.08. The minimum atomic E-state index is 0. The van der Waals surface area contributed by atoms with Gasteiger partial charge in [0.05, 0.1) is 6.54 Å². The molecule has 1 aliphatic rings. The normalized spacial score (nSPS) is 16.0. The van der Waals surface area contributed by atoms with Crippen LogP contribution in [-0.2, 0) is 13.1 Å². The molecule has 1 fully saturated rings. The van der Waals surface area contributed by atoms with Crippen LogP contribution in [0.3, 0.4) is 0 Å². The fourth-order valence-corrected chi connectivity index (χ4v) is 3.76. The van der Waals surface area contributed by atoms with Gasteiger partial charge < -0.3 is 15.5 Å². The number of halogens is 1. The van der Waals surface area contributed by atoms with E-state index in [1.54, 1.807) is 0 Å². The first-order chi connectivity index (χ1) is 13.7. The Morgan fingerprint density at radius 1 is 1.03 bits per heavy atom. The fraction of sp³-hybridized carbons (Fsp3) is 0.696.